The molecule has 4 heterocycles. The molecule has 4 aromatic carbocycles. The molecule has 104 heavy (non-hydrogen) atoms. The number of hydrogen-bond donors (Lipinski definition) is 12. The van der Waals surface area contributed by atoms with Gasteiger partial charge in [0.2, 0.25) is 0 Å². The van der Waals surface area contributed by atoms with E-state index in [2.05, 4.69) is 0 Å². The molecule has 44 heteroatoms. The Morgan fingerprint density at radius 2 is 0.538 bits per heavy atom. The molecule has 36 nitrogen and oxygen atoms in total. The van der Waals surface area contributed by atoms with Crippen molar-refractivity contribution in [3.63, 3.8) is 0 Å². The van der Waals surface area contributed by atoms with E-state index in [0.29, 0.717) is 0 Å². The van der Waals surface area contributed by atoms with E-state index in [1.54, 1.807) is 0 Å². The van der Waals surface area contributed by atoms with Crippen LogP contribution in [0.2, 0.25) is 0 Å². The van der Waals surface area contributed by atoms with Crippen molar-refractivity contribution in [2.45, 2.75) is 151 Å². The average molecular weight is 1580 g/mol. The second kappa shape index (κ2) is 37.5. The Morgan fingerprint density at radius 1 is 0.346 bits per heavy atom. The summed E-state index contributed by atoms with van der Waals surface area (Å²) in [5.41, 5.74) is -8.61. The molecule has 4 saturated heterocycles. The van der Waals surface area contributed by atoms with Gasteiger partial charge in [0.25, 0.3) is 0 Å². The fraction of sp³-hybridized carbons (Fsp3) is 0.533. The topological polar surface area (TPSA) is 590 Å². The quantitative estimate of drug-likeness (QED) is 0.0186. The van der Waals surface area contributed by atoms with Crippen LogP contribution < -0.4 is 139 Å². The summed E-state index contributed by atoms with van der Waals surface area (Å²) in [5, 5.41) is 157. The number of benzene rings is 4. The van der Waals surface area contributed by atoms with E-state index in [9.17, 15) is 112 Å². The van der Waals surface area contributed by atoms with Crippen molar-refractivity contribution in [3.05, 3.63) is 91.0 Å². The molecule has 0 radical (unpaired) electrons. The number of rotatable bonds is 28. The number of phenols is 4. The van der Waals surface area contributed by atoms with Crippen LogP contribution in [0.5, 0.6) is 46.0 Å². The summed E-state index contributed by atoms with van der Waals surface area (Å²) < 4.78 is 159. The van der Waals surface area contributed by atoms with E-state index in [4.69, 9.17) is 16.7 Å². The SMILES string of the molecule is O=C(O)[C@@H]1CCCN1Cc1c([O-])c2cc(c1[O-])C(CCOS(=O)(=O)O)c1cc(c([O-])c(CN3CCC[C@H]3C(=O)O)c1O)C(CCOS(=O)(=O)O)c1cc(c(O)c(CN3CCC[C@H]3C(=O)O)c1O)C(CCOS(=O)(=O)O)c1cc(c(O)c(CN3CCC[C@H]3C(=O)O)c1[O-])C2CCOS(=O)(=O)O.[Na+].[Na+].[Na+].[Na+]. The maximum absolute atomic E-state index is 15.9. The normalized spacial score (nSPS) is 21.9. The van der Waals surface area contributed by atoms with Crippen LogP contribution >= 0.6 is 0 Å². The first-order valence-electron chi connectivity index (χ1n) is 31.3. The molecule has 4 aliphatic heterocycles. The largest absolute Gasteiger partial charge is 1.00 e. The number of carbonyl (C=O) groups is 4. The Balaban J connectivity index is 0.00000486. The first kappa shape index (κ1) is 91.1. The minimum atomic E-state index is -5.49. The molecule has 0 saturated carbocycles. The average Bonchev–Trinajstić information content (AvgIpc) is 1.03. The van der Waals surface area contributed by atoms with Crippen molar-refractivity contribution in [2.24, 2.45) is 0 Å². The van der Waals surface area contributed by atoms with Crippen LogP contribution in [0.25, 0.3) is 0 Å². The zero-order valence-corrected chi connectivity index (χ0v) is 68.1. The van der Waals surface area contributed by atoms with Crippen LogP contribution in [0.15, 0.2) is 24.3 Å². The Morgan fingerprint density at radius 3 is 0.769 bits per heavy atom. The first-order chi connectivity index (χ1) is 46.7. The number of carboxylic acid groups (broad SMARTS) is 4. The van der Waals surface area contributed by atoms with Crippen molar-refractivity contribution < 1.29 is 267 Å². The summed E-state index contributed by atoms with van der Waals surface area (Å²) in [6, 6.07) is -2.19. The van der Waals surface area contributed by atoms with E-state index in [-0.39, 0.29) is 196 Å². The molecule has 4 aromatic rings. The van der Waals surface area contributed by atoms with Gasteiger partial charge in [0.1, 0.15) is 47.2 Å². The van der Waals surface area contributed by atoms with Gasteiger partial charge >= 0.3 is 184 Å². The summed E-state index contributed by atoms with van der Waals surface area (Å²) in [5.74, 6) is -23.5. The predicted molar refractivity (Wildman–Crippen MR) is 330 cm³/mol. The molecule has 8 bridgehead atoms. The number of aliphatic carboxylic acids is 4. The Kier molecular flexibility index (Phi) is 32.8. The van der Waals surface area contributed by atoms with Gasteiger partial charge in [-0.25, -0.2) is 16.7 Å². The Bertz CT molecular complexity index is 3680. The maximum Gasteiger partial charge on any atom is 1.00 e. The molecular formula is C60H72N4Na4O32S4. The third-order valence-corrected chi connectivity index (χ3v) is 21.1. The second-order valence-electron chi connectivity index (χ2n) is 25.1. The fourth-order valence-electron chi connectivity index (χ4n) is 14.7. The van der Waals surface area contributed by atoms with Gasteiger partial charge in [0.05, 0.1) is 32.0 Å². The van der Waals surface area contributed by atoms with Gasteiger partial charge in [-0.1, -0.05) is 29.7 Å². The van der Waals surface area contributed by atoms with Gasteiger partial charge in [-0.2, -0.15) is 33.7 Å². The van der Waals surface area contributed by atoms with E-state index in [0.717, 1.165) is 24.3 Å². The molecule has 0 amide bonds. The third kappa shape index (κ3) is 21.5. The molecule has 1 aliphatic carbocycles. The number of phenolic OH excluding ortho intramolecular Hbond substituents is 4. The smallest absolute Gasteiger partial charge is 0.872 e. The monoisotopic (exact) mass is 1580 g/mol. The number of aromatic hydroxyl groups is 4. The van der Waals surface area contributed by atoms with Gasteiger partial charge < -0.3 is 61.3 Å². The summed E-state index contributed by atoms with van der Waals surface area (Å²) in [6.07, 6.45) is -3.34. The third-order valence-electron chi connectivity index (χ3n) is 19.2. The van der Waals surface area contributed by atoms with Crippen molar-refractivity contribution in [3.8, 4) is 46.0 Å². The molecular weight excluding hydrogens is 1510 g/mol. The summed E-state index contributed by atoms with van der Waals surface area (Å²) in [4.78, 5) is 56.2. The fourth-order valence-corrected chi connectivity index (χ4v) is 15.9. The van der Waals surface area contributed by atoms with Crippen LogP contribution in [0.4, 0.5) is 0 Å². The van der Waals surface area contributed by atoms with E-state index in [1.165, 1.54) is 19.6 Å². The van der Waals surface area contributed by atoms with Gasteiger partial charge in [-0.15, -0.1) is 11.5 Å². The Hall–Kier alpha value is -3.52. The molecule has 0 spiro atoms. The summed E-state index contributed by atoms with van der Waals surface area (Å²) >= 11 is 0. The van der Waals surface area contributed by atoms with Gasteiger partial charge in [0.15, 0.2) is 0 Å². The number of hydrogen-bond acceptors (Lipinski definition) is 28. The van der Waals surface area contributed by atoms with Crippen molar-refractivity contribution in [2.75, 3.05) is 52.6 Å². The first-order valence-corrected chi connectivity index (χ1v) is 36.8. The zero-order valence-electron chi connectivity index (χ0n) is 56.9. The zero-order chi connectivity index (χ0) is 73.4. The Labute approximate surface area is 685 Å². The molecule has 4 fully saturated rings. The number of carboxylic acids is 4. The molecule has 8 atom stereocenters. The van der Waals surface area contributed by atoms with Crippen LogP contribution in [0.3, 0.4) is 0 Å². The second-order valence-corrected chi connectivity index (χ2v) is 29.4. The minimum Gasteiger partial charge on any atom is -0.872 e. The van der Waals surface area contributed by atoms with Crippen LogP contribution in [-0.4, -0.2) is 213 Å². The molecule has 4 unspecified atom stereocenters. The van der Waals surface area contributed by atoms with Crippen molar-refractivity contribution >= 4 is 65.5 Å². The molecule has 5 aliphatic rings. The van der Waals surface area contributed by atoms with Crippen LogP contribution in [0, 0.1) is 0 Å². The van der Waals surface area contributed by atoms with Crippen molar-refractivity contribution in [1.82, 2.24) is 19.6 Å². The molecule has 12 N–H and O–H groups in total. The number of fused-ring (bicyclic) bond motifs is 8. The van der Waals surface area contributed by atoms with Gasteiger partial charge in [-0.3, -0.25) is 57.0 Å². The molecule has 0 aromatic heterocycles. The van der Waals surface area contributed by atoms with Gasteiger partial charge in [-0.05, 0) is 137 Å². The molecule has 552 valence electrons. The summed E-state index contributed by atoms with van der Waals surface area (Å²) in [7, 11) is -21.9. The predicted octanol–water partition coefficient (Wildman–Crippen LogP) is -11.3. The van der Waals surface area contributed by atoms with Crippen LogP contribution in [-0.2, 0) is 104 Å². The standard InChI is InChI=1S/C60H76N4O32S4.4Na/c65-49-33-21-34(50(66)41(49)25-61-13-1-5-45(61)57(73)74)30(10-18-94-98(84,85)86)36-23-38(54(70)43(52(36)68)27-63-15-3-7-47(63)59(77)78)32(12-20-96-100(90,91)92)40-24-39(55(71)44(56(40)72)28-64-16-4-8-48(64)60(79)80)31(11-19-95-99(87,88)89)37-22-35(29(33)9-17-93-97(81,82)83)51(67)42(53(37)69)26-62-14-2-6-46(62)58(75)76;;;;/h21-24,29-32,45-48,65-72H,1-20,25-28H2,(H,73,74)(H,75,76)(H,77,78)(H,79,80)(H,81,82,83)(H,84,85,86)(H,87,88,89)(H,90,91,92);;;;/q;4*+1/p-4/t29?,30?,31?,32?,45-,46-,47-,48-;;;;/m0..../s1. The van der Waals surface area contributed by atoms with Gasteiger partial charge in [0, 0.05) is 83.2 Å². The van der Waals surface area contributed by atoms with E-state index in [1.807, 2.05) is 0 Å². The van der Waals surface area contributed by atoms with E-state index >= 15 is 20.4 Å². The maximum atomic E-state index is 15.9. The minimum absolute atomic E-state index is 0. The van der Waals surface area contributed by atoms with Crippen LogP contribution in [0.1, 0.15) is 167 Å². The number of likely N-dealkylation sites (tertiary alicyclic amines) is 4. The molecule has 9 rings (SSSR count). The van der Waals surface area contributed by atoms with Crippen molar-refractivity contribution in [1.29, 1.82) is 0 Å². The number of nitrogens with zero attached hydrogens (tertiary/aromatic N) is 4. The van der Waals surface area contributed by atoms with E-state index < -0.39 is 304 Å². The summed E-state index contributed by atoms with van der Waals surface area (Å²) in [6.45, 7) is -8.52.